The number of methoxy groups -OCH3 is 1. The third kappa shape index (κ3) is 4.98. The highest BCUT2D eigenvalue weighted by atomic mass is 16.5. The number of benzene rings is 2. The zero-order valence-corrected chi connectivity index (χ0v) is 18.8. The number of nitrogens with zero attached hydrogens (tertiary/aromatic N) is 2. The second-order valence-electron chi connectivity index (χ2n) is 8.98. The zero-order valence-electron chi connectivity index (χ0n) is 18.8. The Morgan fingerprint density at radius 1 is 1.00 bits per heavy atom. The number of likely N-dealkylation sites (tertiary alicyclic amines) is 1. The molecule has 2 aliphatic rings. The Morgan fingerprint density at radius 2 is 1.73 bits per heavy atom. The fourth-order valence-electron chi connectivity index (χ4n) is 4.94. The van der Waals surface area contributed by atoms with E-state index in [1.54, 1.807) is 7.11 Å². The maximum absolute atomic E-state index is 6.26. The van der Waals surface area contributed by atoms with Gasteiger partial charge in [0, 0.05) is 19.0 Å². The Hall–Kier alpha value is -2.04. The molecule has 0 amide bonds. The Bertz CT molecular complexity index is 812. The van der Waals surface area contributed by atoms with E-state index >= 15 is 0 Å². The van der Waals surface area contributed by atoms with Crippen molar-refractivity contribution in [3.05, 3.63) is 59.2 Å². The van der Waals surface area contributed by atoms with E-state index in [-0.39, 0.29) is 0 Å². The summed E-state index contributed by atoms with van der Waals surface area (Å²) in [6.07, 6.45) is 3.77. The summed E-state index contributed by atoms with van der Waals surface area (Å²) in [7, 11) is 3.92. The highest BCUT2D eigenvalue weighted by Crippen LogP contribution is 2.35. The highest BCUT2D eigenvalue weighted by molar-refractivity contribution is 5.45. The Morgan fingerprint density at radius 3 is 2.43 bits per heavy atom. The van der Waals surface area contributed by atoms with Gasteiger partial charge in [-0.05, 0) is 92.8 Å². The molecule has 0 saturated carbocycles. The van der Waals surface area contributed by atoms with Crippen LogP contribution in [-0.2, 0) is 6.54 Å². The van der Waals surface area contributed by atoms with Crippen molar-refractivity contribution < 1.29 is 9.47 Å². The minimum Gasteiger partial charge on any atom is -0.497 e. The molecule has 2 aliphatic heterocycles. The number of likely N-dealkylation sites (N-methyl/N-ethyl adjacent to an activating group) is 1. The topological polar surface area (TPSA) is 24.9 Å². The van der Waals surface area contributed by atoms with Gasteiger partial charge < -0.3 is 19.3 Å². The predicted octanol–water partition coefficient (Wildman–Crippen LogP) is 4.77. The third-order valence-corrected chi connectivity index (χ3v) is 6.68. The monoisotopic (exact) mass is 408 g/mol. The standard InChI is InChI=1S/C26H36N2O2/c1-4-13-28-14-11-20(12-15-28)19-30-24-9-10-25-22(16-24)17-27(2)18-26(25)21-5-7-23(29-3)8-6-21/h5-10,16,20,26H,4,11-15,17-19H2,1-3H3. The van der Waals surface area contributed by atoms with Gasteiger partial charge in [0.1, 0.15) is 11.5 Å². The van der Waals surface area contributed by atoms with Gasteiger partial charge in [-0.25, -0.2) is 0 Å². The number of hydrogen-bond donors (Lipinski definition) is 0. The molecule has 0 N–H and O–H groups in total. The van der Waals surface area contributed by atoms with Crippen LogP contribution in [-0.4, -0.2) is 56.7 Å². The van der Waals surface area contributed by atoms with Gasteiger partial charge in [0.25, 0.3) is 0 Å². The molecule has 162 valence electrons. The maximum Gasteiger partial charge on any atom is 0.119 e. The van der Waals surface area contributed by atoms with E-state index in [0.29, 0.717) is 11.8 Å². The van der Waals surface area contributed by atoms with E-state index in [1.807, 2.05) is 0 Å². The molecule has 0 radical (unpaired) electrons. The molecule has 0 aromatic heterocycles. The van der Waals surface area contributed by atoms with E-state index in [1.165, 1.54) is 55.6 Å². The summed E-state index contributed by atoms with van der Waals surface area (Å²) >= 11 is 0. The van der Waals surface area contributed by atoms with Gasteiger partial charge in [0.2, 0.25) is 0 Å². The van der Waals surface area contributed by atoms with Gasteiger partial charge in [-0.15, -0.1) is 0 Å². The van der Waals surface area contributed by atoms with Crippen molar-refractivity contribution in [2.24, 2.45) is 5.92 Å². The highest BCUT2D eigenvalue weighted by Gasteiger charge is 2.25. The number of hydrogen-bond acceptors (Lipinski definition) is 4. The van der Waals surface area contributed by atoms with Crippen LogP contribution in [0.25, 0.3) is 0 Å². The largest absolute Gasteiger partial charge is 0.497 e. The second kappa shape index (κ2) is 9.84. The van der Waals surface area contributed by atoms with Crippen LogP contribution in [0.2, 0.25) is 0 Å². The molecular formula is C26H36N2O2. The van der Waals surface area contributed by atoms with Crippen LogP contribution in [0.1, 0.15) is 48.8 Å². The van der Waals surface area contributed by atoms with E-state index < -0.39 is 0 Å². The van der Waals surface area contributed by atoms with Crippen LogP contribution in [0.15, 0.2) is 42.5 Å². The second-order valence-corrected chi connectivity index (χ2v) is 8.98. The van der Waals surface area contributed by atoms with Gasteiger partial charge in [-0.1, -0.05) is 25.1 Å². The number of piperidine rings is 1. The summed E-state index contributed by atoms with van der Waals surface area (Å²) in [5.41, 5.74) is 4.16. The molecule has 1 atom stereocenters. The smallest absolute Gasteiger partial charge is 0.119 e. The number of ether oxygens (including phenoxy) is 2. The first kappa shape index (κ1) is 21.2. The first-order valence-corrected chi connectivity index (χ1v) is 11.5. The zero-order chi connectivity index (χ0) is 20.9. The van der Waals surface area contributed by atoms with Crippen LogP contribution in [0.4, 0.5) is 0 Å². The quantitative estimate of drug-likeness (QED) is 0.659. The molecule has 2 aromatic carbocycles. The Labute approximate surface area is 181 Å². The molecule has 0 bridgehead atoms. The summed E-state index contributed by atoms with van der Waals surface area (Å²) in [6, 6.07) is 15.3. The molecule has 1 fully saturated rings. The molecular weight excluding hydrogens is 372 g/mol. The predicted molar refractivity (Wildman–Crippen MR) is 123 cm³/mol. The molecule has 1 saturated heterocycles. The fraction of sp³-hybridized carbons (Fsp3) is 0.538. The number of rotatable bonds is 7. The third-order valence-electron chi connectivity index (χ3n) is 6.68. The van der Waals surface area contributed by atoms with E-state index in [4.69, 9.17) is 9.47 Å². The average molecular weight is 409 g/mol. The first-order chi connectivity index (χ1) is 14.7. The molecule has 4 nitrogen and oxygen atoms in total. The normalized spacial score (nSPS) is 20.7. The van der Waals surface area contributed by atoms with Crippen LogP contribution in [0.3, 0.4) is 0 Å². The minimum absolute atomic E-state index is 0.390. The van der Waals surface area contributed by atoms with Gasteiger partial charge in [-0.2, -0.15) is 0 Å². The molecule has 4 heteroatoms. The molecule has 0 aliphatic carbocycles. The van der Waals surface area contributed by atoms with Crippen molar-refractivity contribution >= 4 is 0 Å². The SMILES string of the molecule is CCCN1CCC(COc2ccc3c(c2)CN(C)CC3c2ccc(OC)cc2)CC1. The summed E-state index contributed by atoms with van der Waals surface area (Å²) in [6.45, 7) is 8.81. The average Bonchev–Trinajstić information content (AvgIpc) is 2.78. The van der Waals surface area contributed by atoms with Crippen molar-refractivity contribution in [1.82, 2.24) is 9.80 Å². The minimum atomic E-state index is 0.390. The summed E-state index contributed by atoms with van der Waals surface area (Å²) < 4.78 is 11.6. The lowest BCUT2D eigenvalue weighted by atomic mass is 9.84. The van der Waals surface area contributed by atoms with Gasteiger partial charge in [-0.3, -0.25) is 0 Å². The van der Waals surface area contributed by atoms with Crippen molar-refractivity contribution in [3.8, 4) is 11.5 Å². The Kier molecular flexibility index (Phi) is 6.96. The lowest BCUT2D eigenvalue weighted by molar-refractivity contribution is 0.141. The fourth-order valence-corrected chi connectivity index (χ4v) is 4.94. The molecule has 1 unspecified atom stereocenters. The summed E-state index contributed by atoms with van der Waals surface area (Å²) in [4.78, 5) is 5.00. The molecule has 2 heterocycles. The lowest BCUT2D eigenvalue weighted by Gasteiger charge is -2.33. The number of fused-ring (bicyclic) bond motifs is 1. The van der Waals surface area contributed by atoms with Crippen LogP contribution < -0.4 is 9.47 Å². The van der Waals surface area contributed by atoms with Crippen molar-refractivity contribution in [1.29, 1.82) is 0 Å². The van der Waals surface area contributed by atoms with Gasteiger partial charge in [0.15, 0.2) is 0 Å². The van der Waals surface area contributed by atoms with E-state index in [0.717, 1.165) is 31.2 Å². The summed E-state index contributed by atoms with van der Waals surface area (Å²) in [5, 5.41) is 0. The lowest BCUT2D eigenvalue weighted by Crippen LogP contribution is -2.36. The first-order valence-electron chi connectivity index (χ1n) is 11.5. The molecule has 0 spiro atoms. The Balaban J connectivity index is 1.41. The van der Waals surface area contributed by atoms with Crippen molar-refractivity contribution in [2.45, 2.75) is 38.6 Å². The van der Waals surface area contributed by atoms with Gasteiger partial charge >= 0.3 is 0 Å². The van der Waals surface area contributed by atoms with Crippen LogP contribution >= 0.6 is 0 Å². The van der Waals surface area contributed by atoms with Crippen LogP contribution in [0.5, 0.6) is 11.5 Å². The van der Waals surface area contributed by atoms with Gasteiger partial charge in [0.05, 0.1) is 13.7 Å². The van der Waals surface area contributed by atoms with E-state index in [9.17, 15) is 0 Å². The van der Waals surface area contributed by atoms with E-state index in [2.05, 4.69) is 66.2 Å². The molecule has 4 rings (SSSR count). The summed E-state index contributed by atoms with van der Waals surface area (Å²) in [5.74, 6) is 3.01. The van der Waals surface area contributed by atoms with Crippen LogP contribution in [0, 0.1) is 5.92 Å². The van der Waals surface area contributed by atoms with Crippen molar-refractivity contribution in [3.63, 3.8) is 0 Å². The molecule has 30 heavy (non-hydrogen) atoms. The maximum atomic E-state index is 6.26. The molecule has 2 aromatic rings. The van der Waals surface area contributed by atoms with Crippen molar-refractivity contribution in [2.75, 3.05) is 46.9 Å².